The first kappa shape index (κ1) is 16.1. The summed E-state index contributed by atoms with van der Waals surface area (Å²) in [6, 6.07) is 5.55. The Kier molecular flexibility index (Phi) is 5.21. The monoisotopic (exact) mass is 321 g/mol. The zero-order chi connectivity index (χ0) is 16.1. The van der Waals surface area contributed by atoms with Crippen molar-refractivity contribution in [3.63, 3.8) is 0 Å². The van der Waals surface area contributed by atoms with E-state index in [9.17, 15) is 4.79 Å². The number of rotatable bonds is 6. The fourth-order valence-corrected chi connectivity index (χ4v) is 2.80. The molecule has 0 spiro atoms. The summed E-state index contributed by atoms with van der Waals surface area (Å²) in [6.07, 6.45) is 0. The molecule has 2 rings (SSSR count). The van der Waals surface area contributed by atoms with E-state index in [1.54, 1.807) is 21.3 Å². The Labute approximate surface area is 133 Å². The predicted octanol–water partition coefficient (Wildman–Crippen LogP) is 2.44. The van der Waals surface area contributed by atoms with Gasteiger partial charge in [0, 0.05) is 13.6 Å². The van der Waals surface area contributed by atoms with E-state index in [4.69, 9.17) is 9.47 Å². The number of nitrogens with one attached hydrogen (secondary N) is 2. The van der Waals surface area contributed by atoms with Crippen LogP contribution in [0.1, 0.15) is 20.9 Å². The third kappa shape index (κ3) is 3.48. The van der Waals surface area contributed by atoms with Crippen molar-refractivity contribution in [2.24, 2.45) is 0 Å². The molecule has 7 heteroatoms. The van der Waals surface area contributed by atoms with Crippen LogP contribution in [0.15, 0.2) is 18.2 Å². The largest absolute Gasteiger partial charge is 0.493 e. The van der Waals surface area contributed by atoms with Crippen molar-refractivity contribution in [3.05, 3.63) is 34.3 Å². The highest BCUT2D eigenvalue weighted by molar-refractivity contribution is 7.17. The number of carbonyl (C=O) groups excluding carboxylic acids is 1. The van der Waals surface area contributed by atoms with Gasteiger partial charge in [-0.05, 0) is 24.6 Å². The van der Waals surface area contributed by atoms with Crippen molar-refractivity contribution >= 4 is 22.4 Å². The number of hydrogen-bond donors (Lipinski definition) is 2. The summed E-state index contributed by atoms with van der Waals surface area (Å²) >= 11 is 1.34. The summed E-state index contributed by atoms with van der Waals surface area (Å²) < 4.78 is 10.4. The minimum absolute atomic E-state index is 0.133. The smallest absolute Gasteiger partial charge is 0.263 e. The third-order valence-corrected chi connectivity index (χ3v) is 4.29. The van der Waals surface area contributed by atoms with Gasteiger partial charge in [0.2, 0.25) is 0 Å². The number of benzene rings is 1. The summed E-state index contributed by atoms with van der Waals surface area (Å²) in [7, 11) is 4.95. The standard InChI is InChI=1S/C15H19N3O3S/c1-9-13(22-15(16-2)18-9)14(19)17-8-10-5-6-11(20-3)12(7-10)21-4/h5-7H,8H2,1-4H3,(H,16,18)(H,17,19). The zero-order valence-electron chi connectivity index (χ0n) is 13.0. The SMILES string of the molecule is CNc1nc(C)c(C(=O)NCc2ccc(OC)c(OC)c2)s1. The number of hydrogen-bond acceptors (Lipinski definition) is 6. The van der Waals surface area contributed by atoms with Crippen LogP contribution in [-0.2, 0) is 6.54 Å². The maximum absolute atomic E-state index is 12.2. The van der Waals surface area contributed by atoms with Gasteiger partial charge in [-0.25, -0.2) is 4.98 Å². The van der Waals surface area contributed by atoms with Crippen LogP contribution in [0.4, 0.5) is 5.13 Å². The number of anilines is 1. The lowest BCUT2D eigenvalue weighted by atomic mass is 10.2. The lowest BCUT2D eigenvalue weighted by molar-refractivity contribution is 0.0954. The van der Waals surface area contributed by atoms with Crippen molar-refractivity contribution in [1.82, 2.24) is 10.3 Å². The second-order valence-corrected chi connectivity index (χ2v) is 5.55. The Balaban J connectivity index is 2.06. The molecule has 0 aliphatic heterocycles. The Morgan fingerprint density at radius 3 is 2.59 bits per heavy atom. The Bertz CT molecular complexity index is 670. The lowest BCUT2D eigenvalue weighted by Crippen LogP contribution is -2.22. The number of methoxy groups -OCH3 is 2. The molecule has 0 saturated heterocycles. The molecule has 1 heterocycles. The van der Waals surface area contributed by atoms with Crippen LogP contribution in [0.5, 0.6) is 11.5 Å². The van der Waals surface area contributed by atoms with Crippen LogP contribution in [0.2, 0.25) is 0 Å². The first-order valence-corrected chi connectivity index (χ1v) is 7.55. The molecule has 0 unspecified atom stereocenters. The van der Waals surface area contributed by atoms with E-state index >= 15 is 0 Å². The Morgan fingerprint density at radius 2 is 2.00 bits per heavy atom. The minimum Gasteiger partial charge on any atom is -0.493 e. The van der Waals surface area contributed by atoms with Gasteiger partial charge in [-0.3, -0.25) is 4.79 Å². The molecule has 2 N–H and O–H groups in total. The van der Waals surface area contributed by atoms with Crippen molar-refractivity contribution in [1.29, 1.82) is 0 Å². The maximum atomic E-state index is 12.2. The van der Waals surface area contributed by atoms with E-state index in [1.165, 1.54) is 11.3 Å². The summed E-state index contributed by atoms with van der Waals surface area (Å²) in [6.45, 7) is 2.23. The second-order valence-electron chi connectivity index (χ2n) is 4.56. The van der Waals surface area contributed by atoms with Crippen LogP contribution < -0.4 is 20.1 Å². The number of ether oxygens (including phenoxy) is 2. The van der Waals surface area contributed by atoms with Crippen LogP contribution in [0.25, 0.3) is 0 Å². The highest BCUT2D eigenvalue weighted by Gasteiger charge is 2.14. The second kappa shape index (κ2) is 7.13. The average Bonchev–Trinajstić information content (AvgIpc) is 2.93. The summed E-state index contributed by atoms with van der Waals surface area (Å²) in [5.74, 6) is 1.17. The van der Waals surface area contributed by atoms with E-state index in [0.29, 0.717) is 22.9 Å². The molecule has 6 nitrogen and oxygen atoms in total. The number of thiazole rings is 1. The van der Waals surface area contributed by atoms with E-state index in [0.717, 1.165) is 16.4 Å². The quantitative estimate of drug-likeness (QED) is 0.855. The molecule has 1 aromatic heterocycles. The van der Waals surface area contributed by atoms with Crippen LogP contribution >= 0.6 is 11.3 Å². The highest BCUT2D eigenvalue weighted by atomic mass is 32.1. The summed E-state index contributed by atoms with van der Waals surface area (Å²) in [4.78, 5) is 17.1. The zero-order valence-corrected chi connectivity index (χ0v) is 13.8. The Morgan fingerprint density at radius 1 is 1.27 bits per heavy atom. The molecule has 0 aliphatic carbocycles. The molecule has 118 valence electrons. The van der Waals surface area contributed by atoms with Gasteiger partial charge in [-0.15, -0.1) is 0 Å². The molecule has 1 aromatic carbocycles. The van der Waals surface area contributed by atoms with Gasteiger partial charge in [-0.2, -0.15) is 0 Å². The lowest BCUT2D eigenvalue weighted by Gasteiger charge is -2.10. The molecule has 1 amide bonds. The molecular weight excluding hydrogens is 302 g/mol. The topological polar surface area (TPSA) is 72.5 Å². The molecule has 0 bridgehead atoms. The van der Waals surface area contributed by atoms with Gasteiger partial charge in [0.1, 0.15) is 4.88 Å². The predicted molar refractivity (Wildman–Crippen MR) is 87.1 cm³/mol. The van der Waals surface area contributed by atoms with Gasteiger partial charge < -0.3 is 20.1 Å². The number of carbonyl (C=O) groups is 1. The van der Waals surface area contributed by atoms with Gasteiger partial charge >= 0.3 is 0 Å². The van der Waals surface area contributed by atoms with Gasteiger partial charge in [0.15, 0.2) is 16.6 Å². The number of nitrogens with zero attached hydrogens (tertiary/aromatic N) is 1. The number of amides is 1. The summed E-state index contributed by atoms with van der Waals surface area (Å²) in [5, 5.41) is 6.56. The van der Waals surface area contributed by atoms with Crippen molar-refractivity contribution in [2.75, 3.05) is 26.6 Å². The average molecular weight is 321 g/mol. The van der Waals surface area contributed by atoms with Crippen LogP contribution in [0.3, 0.4) is 0 Å². The van der Waals surface area contributed by atoms with Gasteiger partial charge in [-0.1, -0.05) is 17.4 Å². The first-order chi connectivity index (χ1) is 10.6. The minimum atomic E-state index is -0.133. The fourth-order valence-electron chi connectivity index (χ4n) is 1.97. The molecule has 0 atom stereocenters. The number of aryl methyl sites for hydroxylation is 1. The first-order valence-electron chi connectivity index (χ1n) is 6.73. The fraction of sp³-hybridized carbons (Fsp3) is 0.333. The van der Waals surface area contributed by atoms with E-state index in [2.05, 4.69) is 15.6 Å². The van der Waals surface area contributed by atoms with Crippen LogP contribution in [0, 0.1) is 6.92 Å². The van der Waals surface area contributed by atoms with Crippen molar-refractivity contribution in [2.45, 2.75) is 13.5 Å². The third-order valence-electron chi connectivity index (χ3n) is 3.12. The number of aromatic nitrogens is 1. The molecular formula is C15H19N3O3S. The molecule has 0 saturated carbocycles. The molecule has 2 aromatic rings. The molecule has 0 aliphatic rings. The van der Waals surface area contributed by atoms with Gasteiger partial charge in [0.05, 0.1) is 19.9 Å². The highest BCUT2D eigenvalue weighted by Crippen LogP contribution is 2.27. The molecule has 0 fully saturated rings. The van der Waals surface area contributed by atoms with Gasteiger partial charge in [0.25, 0.3) is 5.91 Å². The normalized spacial score (nSPS) is 10.2. The maximum Gasteiger partial charge on any atom is 0.263 e. The Hall–Kier alpha value is -2.28. The summed E-state index contributed by atoms with van der Waals surface area (Å²) in [5.41, 5.74) is 1.65. The van der Waals surface area contributed by atoms with Crippen molar-refractivity contribution < 1.29 is 14.3 Å². The molecule has 0 radical (unpaired) electrons. The molecule has 22 heavy (non-hydrogen) atoms. The van der Waals surface area contributed by atoms with E-state index in [1.807, 2.05) is 25.1 Å². The van der Waals surface area contributed by atoms with E-state index < -0.39 is 0 Å². The van der Waals surface area contributed by atoms with Crippen LogP contribution in [-0.4, -0.2) is 32.2 Å². The van der Waals surface area contributed by atoms with E-state index in [-0.39, 0.29) is 5.91 Å². The van der Waals surface area contributed by atoms with Crippen molar-refractivity contribution in [3.8, 4) is 11.5 Å².